The summed E-state index contributed by atoms with van der Waals surface area (Å²) >= 11 is 8.61. The van der Waals surface area contributed by atoms with Gasteiger partial charge < -0.3 is 0 Å². The molecule has 0 atom stereocenters. The Balaban J connectivity index is 3.00. The third-order valence-electron chi connectivity index (χ3n) is 2.13. The van der Waals surface area contributed by atoms with Crippen LogP contribution in [-0.4, -0.2) is 11.1 Å². The molecule has 0 aliphatic rings. The number of alkyl halides is 4. The molecule has 0 amide bonds. The van der Waals surface area contributed by atoms with E-state index in [1.807, 2.05) is 0 Å². The monoisotopic (exact) mass is 328 g/mol. The van der Waals surface area contributed by atoms with E-state index in [2.05, 4.69) is 15.9 Å². The number of hydrogen-bond donors (Lipinski definition) is 0. The SMILES string of the molecule is O=C(CCCBr)c1ccc(Cl)c(C(F)(F)F)c1. The van der Waals surface area contributed by atoms with E-state index in [9.17, 15) is 18.0 Å². The van der Waals surface area contributed by atoms with Crippen molar-refractivity contribution in [2.24, 2.45) is 0 Å². The van der Waals surface area contributed by atoms with E-state index in [4.69, 9.17) is 11.6 Å². The zero-order valence-electron chi connectivity index (χ0n) is 8.65. The molecule has 1 aromatic carbocycles. The summed E-state index contributed by atoms with van der Waals surface area (Å²) in [6.45, 7) is 0. The largest absolute Gasteiger partial charge is 0.417 e. The Morgan fingerprint density at radius 1 is 1.35 bits per heavy atom. The van der Waals surface area contributed by atoms with Gasteiger partial charge in [0.05, 0.1) is 10.6 Å². The van der Waals surface area contributed by atoms with E-state index in [0.29, 0.717) is 11.8 Å². The number of rotatable bonds is 4. The summed E-state index contributed by atoms with van der Waals surface area (Å²) in [5.74, 6) is -0.313. The van der Waals surface area contributed by atoms with Crippen molar-refractivity contribution < 1.29 is 18.0 Å². The normalized spacial score (nSPS) is 11.6. The van der Waals surface area contributed by atoms with Gasteiger partial charge in [0.2, 0.25) is 0 Å². The van der Waals surface area contributed by atoms with Crippen molar-refractivity contribution in [1.82, 2.24) is 0 Å². The Kier molecular flexibility index (Phi) is 5.01. The molecule has 0 heterocycles. The van der Waals surface area contributed by atoms with Gasteiger partial charge in [-0.1, -0.05) is 27.5 Å². The number of hydrogen-bond acceptors (Lipinski definition) is 1. The second-order valence-electron chi connectivity index (χ2n) is 3.41. The molecule has 0 aliphatic carbocycles. The maximum absolute atomic E-state index is 12.5. The molecule has 0 aliphatic heterocycles. The minimum atomic E-state index is -4.54. The maximum Gasteiger partial charge on any atom is 0.417 e. The molecule has 1 aromatic rings. The smallest absolute Gasteiger partial charge is 0.294 e. The molecule has 1 rings (SSSR count). The summed E-state index contributed by atoms with van der Waals surface area (Å²) in [6, 6.07) is 3.22. The van der Waals surface area contributed by atoms with Gasteiger partial charge in [0.15, 0.2) is 5.78 Å². The van der Waals surface area contributed by atoms with Crippen LogP contribution in [0.15, 0.2) is 18.2 Å². The predicted molar refractivity (Wildman–Crippen MR) is 63.8 cm³/mol. The zero-order valence-corrected chi connectivity index (χ0v) is 11.0. The Labute approximate surface area is 110 Å². The van der Waals surface area contributed by atoms with Crippen molar-refractivity contribution in [3.8, 4) is 0 Å². The first-order valence-electron chi connectivity index (χ1n) is 4.82. The maximum atomic E-state index is 12.5. The van der Waals surface area contributed by atoms with Crippen molar-refractivity contribution >= 4 is 33.3 Å². The highest BCUT2D eigenvalue weighted by atomic mass is 79.9. The summed E-state index contributed by atoms with van der Waals surface area (Å²) in [7, 11) is 0. The molecular weight excluding hydrogens is 320 g/mol. The van der Waals surface area contributed by atoms with Crippen LogP contribution in [-0.2, 0) is 6.18 Å². The molecule has 17 heavy (non-hydrogen) atoms. The second kappa shape index (κ2) is 5.87. The Morgan fingerprint density at radius 3 is 2.53 bits per heavy atom. The lowest BCUT2D eigenvalue weighted by molar-refractivity contribution is -0.137. The molecule has 0 bridgehead atoms. The van der Waals surface area contributed by atoms with Gasteiger partial charge >= 0.3 is 6.18 Å². The quantitative estimate of drug-likeness (QED) is 0.577. The summed E-state index contributed by atoms with van der Waals surface area (Å²) < 4.78 is 37.6. The molecule has 0 aromatic heterocycles. The first-order valence-corrected chi connectivity index (χ1v) is 6.32. The highest BCUT2D eigenvalue weighted by Gasteiger charge is 2.33. The van der Waals surface area contributed by atoms with Crippen molar-refractivity contribution in [1.29, 1.82) is 0 Å². The minimum absolute atomic E-state index is 0.0441. The van der Waals surface area contributed by atoms with Crippen molar-refractivity contribution in [3.63, 3.8) is 0 Å². The first kappa shape index (κ1) is 14.5. The molecule has 0 saturated heterocycles. The van der Waals surface area contributed by atoms with Gasteiger partial charge in [-0.05, 0) is 24.6 Å². The molecule has 94 valence electrons. The van der Waals surface area contributed by atoms with Crippen molar-refractivity contribution in [2.75, 3.05) is 5.33 Å². The van der Waals surface area contributed by atoms with Gasteiger partial charge in [0, 0.05) is 17.3 Å². The summed E-state index contributed by atoms with van der Waals surface area (Å²) in [4.78, 5) is 11.6. The van der Waals surface area contributed by atoms with E-state index >= 15 is 0 Å². The van der Waals surface area contributed by atoms with Crippen LogP contribution in [0.3, 0.4) is 0 Å². The topological polar surface area (TPSA) is 17.1 Å². The molecule has 0 radical (unpaired) electrons. The van der Waals surface area contributed by atoms with Gasteiger partial charge in [-0.2, -0.15) is 13.2 Å². The van der Waals surface area contributed by atoms with Crippen LogP contribution >= 0.6 is 27.5 Å². The molecule has 0 N–H and O–H groups in total. The minimum Gasteiger partial charge on any atom is -0.294 e. The highest BCUT2D eigenvalue weighted by Crippen LogP contribution is 2.35. The van der Waals surface area contributed by atoms with Gasteiger partial charge in [-0.15, -0.1) is 0 Å². The molecular formula is C11H9BrClF3O. The van der Waals surface area contributed by atoms with Crippen molar-refractivity contribution in [2.45, 2.75) is 19.0 Å². The number of halogens is 5. The van der Waals surface area contributed by atoms with Crippen LogP contribution in [0.5, 0.6) is 0 Å². The second-order valence-corrected chi connectivity index (χ2v) is 4.61. The van der Waals surface area contributed by atoms with Crippen LogP contribution < -0.4 is 0 Å². The highest BCUT2D eigenvalue weighted by molar-refractivity contribution is 9.09. The standard InChI is InChI=1S/C11H9BrClF3O/c12-5-1-2-10(17)7-3-4-9(13)8(6-7)11(14,15)16/h3-4,6H,1-2,5H2. The fraction of sp³-hybridized carbons (Fsp3) is 0.364. The van der Waals surface area contributed by atoms with E-state index in [-0.39, 0.29) is 17.8 Å². The zero-order chi connectivity index (χ0) is 13.1. The molecule has 6 heteroatoms. The van der Waals surface area contributed by atoms with Gasteiger partial charge in [-0.25, -0.2) is 0 Å². The van der Waals surface area contributed by atoms with Crippen LogP contribution in [0, 0.1) is 0 Å². The van der Waals surface area contributed by atoms with E-state index in [1.54, 1.807) is 0 Å². The molecule has 1 nitrogen and oxygen atoms in total. The lowest BCUT2D eigenvalue weighted by atomic mass is 10.0. The lowest BCUT2D eigenvalue weighted by Crippen LogP contribution is -2.08. The molecule has 0 unspecified atom stereocenters. The van der Waals surface area contributed by atoms with Crippen LogP contribution in [0.1, 0.15) is 28.8 Å². The average Bonchev–Trinajstić information content (AvgIpc) is 2.25. The lowest BCUT2D eigenvalue weighted by Gasteiger charge is -2.10. The van der Waals surface area contributed by atoms with Crippen LogP contribution in [0.2, 0.25) is 5.02 Å². The third kappa shape index (κ3) is 4.00. The van der Waals surface area contributed by atoms with Crippen molar-refractivity contribution in [3.05, 3.63) is 34.3 Å². The van der Waals surface area contributed by atoms with Gasteiger partial charge in [0.1, 0.15) is 0 Å². The predicted octanol–water partition coefficient (Wildman–Crippen LogP) is 4.72. The molecule has 0 saturated carbocycles. The van der Waals surface area contributed by atoms with Crippen LogP contribution in [0.4, 0.5) is 13.2 Å². The van der Waals surface area contributed by atoms with Crippen LogP contribution in [0.25, 0.3) is 0 Å². The van der Waals surface area contributed by atoms with Gasteiger partial charge in [-0.3, -0.25) is 4.79 Å². The number of Topliss-reactive ketones (excluding diaryl/α,β-unsaturated/α-hetero) is 1. The Hall–Kier alpha value is -0.550. The van der Waals surface area contributed by atoms with Gasteiger partial charge in [0.25, 0.3) is 0 Å². The summed E-state index contributed by atoms with van der Waals surface area (Å²) in [5.41, 5.74) is -0.925. The third-order valence-corrected chi connectivity index (χ3v) is 3.02. The number of benzene rings is 1. The number of carbonyl (C=O) groups excluding carboxylic acids is 1. The fourth-order valence-corrected chi connectivity index (χ4v) is 1.79. The fourth-order valence-electron chi connectivity index (χ4n) is 1.29. The Bertz CT molecular complexity index is 418. The first-order chi connectivity index (χ1) is 7.86. The van der Waals surface area contributed by atoms with E-state index < -0.39 is 16.8 Å². The number of carbonyl (C=O) groups is 1. The summed E-state index contributed by atoms with van der Waals surface area (Å²) in [6.07, 6.45) is -3.74. The Morgan fingerprint density at radius 2 is 2.00 bits per heavy atom. The number of ketones is 1. The molecule has 0 spiro atoms. The summed E-state index contributed by atoms with van der Waals surface area (Å²) in [5, 5.41) is 0.243. The average molecular weight is 330 g/mol. The van der Waals surface area contributed by atoms with E-state index in [0.717, 1.165) is 12.1 Å². The molecule has 0 fully saturated rings. The van der Waals surface area contributed by atoms with E-state index in [1.165, 1.54) is 6.07 Å².